The van der Waals surface area contributed by atoms with Crippen LogP contribution in [-0.4, -0.2) is 26.2 Å². The predicted molar refractivity (Wildman–Crippen MR) is 114 cm³/mol. The Hall–Kier alpha value is -2.27. The first-order valence-electron chi connectivity index (χ1n) is 8.05. The molecule has 0 aliphatic heterocycles. The minimum absolute atomic E-state index is 0. The van der Waals surface area contributed by atoms with E-state index in [1.807, 2.05) is 30.3 Å². The van der Waals surface area contributed by atoms with Crippen LogP contribution in [-0.2, 0) is 13.0 Å². The lowest BCUT2D eigenvalue weighted by Crippen LogP contribution is -2.37. The Labute approximate surface area is 171 Å². The number of aliphatic imine (C=N–C) groups is 1. The molecule has 0 saturated carbocycles. The van der Waals surface area contributed by atoms with E-state index in [0.717, 1.165) is 24.3 Å². The van der Waals surface area contributed by atoms with Gasteiger partial charge in [-0.3, -0.25) is 4.99 Å². The van der Waals surface area contributed by atoms with Crippen LogP contribution in [0.1, 0.15) is 11.1 Å². The first-order chi connectivity index (χ1) is 12.2. The molecule has 0 aromatic heterocycles. The van der Waals surface area contributed by atoms with E-state index in [0.29, 0.717) is 12.5 Å². The Morgan fingerprint density at radius 2 is 1.92 bits per heavy atom. The molecule has 2 aromatic rings. The third kappa shape index (κ3) is 7.74. The summed E-state index contributed by atoms with van der Waals surface area (Å²) in [5.74, 6) is 3.64. The lowest BCUT2D eigenvalue weighted by atomic mass is 10.1. The largest absolute Gasteiger partial charge is 0.481 e. The van der Waals surface area contributed by atoms with Crippen LogP contribution < -0.4 is 15.4 Å². The Morgan fingerprint density at radius 1 is 1.15 bits per heavy atom. The van der Waals surface area contributed by atoms with Crippen molar-refractivity contribution in [2.24, 2.45) is 4.99 Å². The molecular weight excluding hydrogens is 444 g/mol. The van der Waals surface area contributed by atoms with Gasteiger partial charge in [-0.1, -0.05) is 30.2 Å². The number of halogens is 2. The second kappa shape index (κ2) is 12.1. The molecule has 0 atom stereocenters. The molecule has 2 N–H and O–H groups in total. The predicted octanol–water partition coefficient (Wildman–Crippen LogP) is 3.36. The summed E-state index contributed by atoms with van der Waals surface area (Å²) in [5, 5.41) is 6.40. The van der Waals surface area contributed by atoms with Crippen molar-refractivity contribution in [1.29, 1.82) is 0 Å². The van der Waals surface area contributed by atoms with Gasteiger partial charge >= 0.3 is 0 Å². The molecule has 0 aliphatic rings. The van der Waals surface area contributed by atoms with Gasteiger partial charge < -0.3 is 15.4 Å². The van der Waals surface area contributed by atoms with Gasteiger partial charge in [0.25, 0.3) is 0 Å². The van der Waals surface area contributed by atoms with Gasteiger partial charge in [0.05, 0.1) is 0 Å². The molecule has 0 unspecified atom stereocenters. The van der Waals surface area contributed by atoms with E-state index in [9.17, 15) is 4.39 Å². The van der Waals surface area contributed by atoms with Gasteiger partial charge in [-0.2, -0.15) is 0 Å². The highest BCUT2D eigenvalue weighted by atomic mass is 127. The van der Waals surface area contributed by atoms with Crippen molar-refractivity contribution in [3.05, 3.63) is 65.5 Å². The van der Waals surface area contributed by atoms with E-state index >= 15 is 0 Å². The van der Waals surface area contributed by atoms with E-state index in [-0.39, 0.29) is 36.4 Å². The molecule has 0 amide bonds. The van der Waals surface area contributed by atoms with Gasteiger partial charge in [0.2, 0.25) is 0 Å². The molecule has 0 bridgehead atoms. The van der Waals surface area contributed by atoms with Crippen molar-refractivity contribution >= 4 is 29.9 Å². The highest BCUT2D eigenvalue weighted by Gasteiger charge is 2.00. The van der Waals surface area contributed by atoms with Crippen molar-refractivity contribution in [2.45, 2.75) is 13.0 Å². The average molecular weight is 467 g/mol. The summed E-state index contributed by atoms with van der Waals surface area (Å²) in [6.45, 7) is 1.51. The van der Waals surface area contributed by atoms with Crippen LogP contribution in [0.15, 0.2) is 53.5 Å². The first-order valence-corrected chi connectivity index (χ1v) is 8.05. The highest BCUT2D eigenvalue weighted by molar-refractivity contribution is 14.0. The molecule has 2 aromatic carbocycles. The molecule has 6 heteroatoms. The van der Waals surface area contributed by atoms with Gasteiger partial charge in [0.15, 0.2) is 5.96 Å². The fraction of sp³-hybridized carbons (Fsp3) is 0.250. The number of nitrogens with one attached hydrogen (secondary N) is 2. The summed E-state index contributed by atoms with van der Waals surface area (Å²) in [4.78, 5) is 4.17. The Bertz CT molecular complexity index is 741. The zero-order valence-corrected chi connectivity index (χ0v) is 17.0. The molecule has 0 aliphatic carbocycles. The number of nitrogens with zero attached hydrogens (tertiary/aromatic N) is 1. The molecule has 2 rings (SSSR count). The van der Waals surface area contributed by atoms with Crippen molar-refractivity contribution in [1.82, 2.24) is 10.6 Å². The average Bonchev–Trinajstić information content (AvgIpc) is 2.64. The van der Waals surface area contributed by atoms with Crippen LogP contribution in [0.4, 0.5) is 4.39 Å². The summed E-state index contributed by atoms with van der Waals surface area (Å²) < 4.78 is 18.5. The zero-order chi connectivity index (χ0) is 17.9. The minimum atomic E-state index is -0.239. The van der Waals surface area contributed by atoms with E-state index in [2.05, 4.69) is 21.5 Å². The van der Waals surface area contributed by atoms with Gasteiger partial charge in [-0.25, -0.2) is 4.39 Å². The summed E-state index contributed by atoms with van der Waals surface area (Å²) in [5.41, 5.74) is 2.05. The summed E-state index contributed by atoms with van der Waals surface area (Å²) >= 11 is 0. The Balaban J connectivity index is 0.00000338. The maximum absolute atomic E-state index is 13.2. The van der Waals surface area contributed by atoms with Crippen LogP contribution in [0, 0.1) is 18.2 Å². The molecule has 0 fully saturated rings. The quantitative estimate of drug-likeness (QED) is 0.284. The van der Waals surface area contributed by atoms with Crippen LogP contribution in [0.2, 0.25) is 0 Å². The molecular formula is C20H23FIN3O. The van der Waals surface area contributed by atoms with Crippen molar-refractivity contribution in [3.8, 4) is 18.1 Å². The lowest BCUT2D eigenvalue weighted by Gasteiger charge is -2.12. The molecule has 0 saturated heterocycles. The third-order valence-electron chi connectivity index (χ3n) is 3.52. The summed E-state index contributed by atoms with van der Waals surface area (Å²) in [6.07, 6.45) is 6.01. The topological polar surface area (TPSA) is 45.6 Å². The summed E-state index contributed by atoms with van der Waals surface area (Å²) in [7, 11) is 1.71. The number of hydrogen-bond acceptors (Lipinski definition) is 2. The lowest BCUT2D eigenvalue weighted by molar-refractivity contribution is 0.370. The number of benzene rings is 2. The standard InChI is InChI=1S/C20H22FN3O.HI/c1-3-13-25-19-9-7-16(8-10-19)11-12-23-20(22-2)24-15-17-5-4-6-18(21)14-17;/h1,4-10,14H,11-13,15H2,2H3,(H2,22,23,24);1H. The second-order valence-corrected chi connectivity index (χ2v) is 5.37. The minimum Gasteiger partial charge on any atom is -0.481 e. The van der Waals surface area contributed by atoms with E-state index in [1.165, 1.54) is 17.7 Å². The number of guanidine groups is 1. The second-order valence-electron chi connectivity index (χ2n) is 5.37. The number of terminal acetylenes is 1. The monoisotopic (exact) mass is 467 g/mol. The van der Waals surface area contributed by atoms with Crippen LogP contribution in [0.5, 0.6) is 5.75 Å². The normalized spacial score (nSPS) is 10.4. The maximum atomic E-state index is 13.2. The molecule has 4 nitrogen and oxygen atoms in total. The van der Waals surface area contributed by atoms with Gasteiger partial charge in [-0.05, 0) is 41.8 Å². The molecule has 138 valence electrons. The third-order valence-corrected chi connectivity index (χ3v) is 3.52. The zero-order valence-electron chi connectivity index (χ0n) is 14.7. The Kier molecular flexibility index (Phi) is 10.2. The van der Waals surface area contributed by atoms with E-state index in [1.54, 1.807) is 13.1 Å². The molecule has 0 spiro atoms. The molecule has 0 heterocycles. The SMILES string of the molecule is C#CCOc1ccc(CCNC(=NC)NCc2cccc(F)c2)cc1.I. The van der Waals surface area contributed by atoms with Crippen LogP contribution >= 0.6 is 24.0 Å². The fourth-order valence-electron chi connectivity index (χ4n) is 2.26. The number of ether oxygens (including phenoxy) is 1. The molecule has 26 heavy (non-hydrogen) atoms. The van der Waals surface area contributed by atoms with Crippen molar-refractivity contribution in [2.75, 3.05) is 20.2 Å². The fourth-order valence-corrected chi connectivity index (χ4v) is 2.26. The van der Waals surface area contributed by atoms with Crippen molar-refractivity contribution < 1.29 is 9.13 Å². The maximum Gasteiger partial charge on any atom is 0.191 e. The van der Waals surface area contributed by atoms with Gasteiger partial charge in [0, 0.05) is 20.1 Å². The van der Waals surface area contributed by atoms with Crippen LogP contribution in [0.3, 0.4) is 0 Å². The van der Waals surface area contributed by atoms with Gasteiger partial charge in [0.1, 0.15) is 18.2 Å². The number of hydrogen-bond donors (Lipinski definition) is 2. The Morgan fingerprint density at radius 3 is 2.58 bits per heavy atom. The van der Waals surface area contributed by atoms with E-state index < -0.39 is 0 Å². The summed E-state index contributed by atoms with van der Waals surface area (Å²) in [6, 6.07) is 14.3. The van der Waals surface area contributed by atoms with Crippen molar-refractivity contribution in [3.63, 3.8) is 0 Å². The van der Waals surface area contributed by atoms with E-state index in [4.69, 9.17) is 11.2 Å². The first kappa shape index (κ1) is 21.8. The number of rotatable bonds is 7. The highest BCUT2D eigenvalue weighted by Crippen LogP contribution is 2.12. The van der Waals surface area contributed by atoms with Gasteiger partial charge in [-0.15, -0.1) is 30.4 Å². The smallest absolute Gasteiger partial charge is 0.191 e. The molecule has 0 radical (unpaired) electrons. The van der Waals surface area contributed by atoms with Crippen LogP contribution in [0.25, 0.3) is 0 Å².